The Balaban J connectivity index is 1.05. The van der Waals surface area contributed by atoms with Gasteiger partial charge in [0.1, 0.15) is 11.6 Å². The molecule has 3 heterocycles. The Morgan fingerprint density at radius 2 is 1.53 bits per heavy atom. The SMILES string of the molecule is O=C(NCC(Cc1ncc[nH]1)Cc1ncc[nH]1)c1ccc(CNC2CCC(N3CCCCCC3)CC2)cc1. The van der Waals surface area contributed by atoms with Crippen molar-refractivity contribution in [2.75, 3.05) is 19.6 Å². The van der Waals surface area contributed by atoms with Gasteiger partial charge >= 0.3 is 0 Å². The number of nitrogens with zero attached hydrogens (tertiary/aromatic N) is 3. The molecule has 0 unspecified atom stereocenters. The largest absolute Gasteiger partial charge is 0.352 e. The smallest absolute Gasteiger partial charge is 0.251 e. The molecule has 5 rings (SSSR count). The lowest BCUT2D eigenvalue weighted by molar-refractivity contribution is 0.0946. The van der Waals surface area contributed by atoms with E-state index in [1.807, 2.05) is 24.5 Å². The van der Waals surface area contributed by atoms with Crippen molar-refractivity contribution in [3.63, 3.8) is 0 Å². The van der Waals surface area contributed by atoms with Crippen molar-refractivity contribution >= 4 is 5.91 Å². The van der Waals surface area contributed by atoms with Gasteiger partial charge < -0.3 is 25.5 Å². The van der Waals surface area contributed by atoms with E-state index in [1.165, 1.54) is 70.0 Å². The van der Waals surface area contributed by atoms with Crippen LogP contribution in [0.4, 0.5) is 0 Å². The van der Waals surface area contributed by atoms with Gasteiger partial charge in [-0.15, -0.1) is 0 Å². The third-order valence-corrected chi connectivity index (χ3v) is 8.29. The molecule has 2 aliphatic rings. The molecule has 1 aromatic carbocycles. The van der Waals surface area contributed by atoms with Crippen LogP contribution in [0.25, 0.3) is 0 Å². The van der Waals surface area contributed by atoms with Crippen molar-refractivity contribution < 1.29 is 4.79 Å². The molecule has 3 aromatic rings. The Labute approximate surface area is 226 Å². The summed E-state index contributed by atoms with van der Waals surface area (Å²) in [6.45, 7) is 4.02. The molecule has 1 amide bonds. The summed E-state index contributed by atoms with van der Waals surface area (Å²) >= 11 is 0. The lowest BCUT2D eigenvalue weighted by atomic mass is 9.90. The van der Waals surface area contributed by atoms with Crippen LogP contribution in [0.15, 0.2) is 49.1 Å². The molecule has 1 saturated carbocycles. The molecule has 8 heteroatoms. The molecular weight excluding hydrogens is 474 g/mol. The highest BCUT2D eigenvalue weighted by atomic mass is 16.1. The highest BCUT2D eigenvalue weighted by Gasteiger charge is 2.26. The molecule has 38 heavy (non-hydrogen) atoms. The van der Waals surface area contributed by atoms with Gasteiger partial charge in [0, 0.05) is 68.4 Å². The Bertz CT molecular complexity index is 1030. The summed E-state index contributed by atoms with van der Waals surface area (Å²) in [5, 5.41) is 6.89. The zero-order chi connectivity index (χ0) is 26.0. The Morgan fingerprint density at radius 1 is 0.895 bits per heavy atom. The summed E-state index contributed by atoms with van der Waals surface area (Å²) in [4.78, 5) is 30.7. The number of carbonyl (C=O) groups is 1. The van der Waals surface area contributed by atoms with Crippen LogP contribution in [-0.4, -0.2) is 62.5 Å². The topological polar surface area (TPSA) is 102 Å². The van der Waals surface area contributed by atoms with Gasteiger partial charge in [-0.05, 0) is 75.2 Å². The van der Waals surface area contributed by atoms with E-state index in [-0.39, 0.29) is 11.8 Å². The van der Waals surface area contributed by atoms with Crippen molar-refractivity contribution in [2.45, 2.75) is 82.8 Å². The second kappa shape index (κ2) is 13.7. The van der Waals surface area contributed by atoms with Crippen LogP contribution in [0.2, 0.25) is 0 Å². The Morgan fingerprint density at radius 3 is 2.11 bits per heavy atom. The predicted molar refractivity (Wildman–Crippen MR) is 150 cm³/mol. The molecule has 1 aliphatic carbocycles. The fourth-order valence-corrected chi connectivity index (χ4v) is 6.06. The third kappa shape index (κ3) is 7.77. The first-order valence-corrected chi connectivity index (χ1v) is 14.5. The van der Waals surface area contributed by atoms with Gasteiger partial charge in [-0.25, -0.2) is 9.97 Å². The number of rotatable bonds is 11. The number of benzene rings is 1. The quantitative estimate of drug-likeness (QED) is 0.305. The number of nitrogens with one attached hydrogen (secondary N) is 4. The van der Waals surface area contributed by atoms with E-state index in [2.05, 4.69) is 47.6 Å². The van der Waals surface area contributed by atoms with Gasteiger partial charge in [0.05, 0.1) is 0 Å². The predicted octanol–water partition coefficient (Wildman–Crippen LogP) is 4.24. The second-order valence-electron chi connectivity index (χ2n) is 11.1. The number of H-pyrrole nitrogens is 2. The molecule has 204 valence electrons. The number of amides is 1. The maximum absolute atomic E-state index is 12.9. The number of carbonyl (C=O) groups excluding carboxylic acids is 1. The number of aromatic nitrogens is 4. The maximum atomic E-state index is 12.9. The van der Waals surface area contributed by atoms with Gasteiger partial charge in [-0.1, -0.05) is 25.0 Å². The van der Waals surface area contributed by atoms with Crippen LogP contribution < -0.4 is 10.6 Å². The number of hydrogen-bond donors (Lipinski definition) is 4. The molecule has 4 N–H and O–H groups in total. The van der Waals surface area contributed by atoms with Crippen LogP contribution in [0.5, 0.6) is 0 Å². The maximum Gasteiger partial charge on any atom is 0.251 e. The van der Waals surface area contributed by atoms with Gasteiger partial charge in [-0.3, -0.25) is 4.79 Å². The van der Waals surface area contributed by atoms with Crippen molar-refractivity contribution in [1.82, 2.24) is 35.5 Å². The highest BCUT2D eigenvalue weighted by molar-refractivity contribution is 5.94. The first kappa shape index (κ1) is 26.6. The van der Waals surface area contributed by atoms with E-state index in [9.17, 15) is 4.79 Å². The third-order valence-electron chi connectivity index (χ3n) is 8.29. The Hall–Kier alpha value is -2.97. The standard InChI is InChI=1S/C30H43N7O/c38-30(36-22-24(19-28-31-13-14-32-28)20-29-33-15-16-34-29)25-7-5-23(6-8-25)21-35-26-9-11-27(12-10-26)37-17-3-1-2-4-18-37/h5-8,13-16,24,26-27,35H,1-4,9-12,17-22H2,(H,31,32)(H,33,34)(H,36,38). The molecule has 8 nitrogen and oxygen atoms in total. The zero-order valence-electron chi connectivity index (χ0n) is 22.5. The Kier molecular flexibility index (Phi) is 9.61. The summed E-state index contributed by atoms with van der Waals surface area (Å²) in [6, 6.07) is 9.43. The highest BCUT2D eigenvalue weighted by Crippen LogP contribution is 2.25. The summed E-state index contributed by atoms with van der Waals surface area (Å²) in [6.07, 6.45) is 19.4. The monoisotopic (exact) mass is 517 g/mol. The minimum Gasteiger partial charge on any atom is -0.352 e. The average molecular weight is 518 g/mol. The van der Waals surface area contributed by atoms with Gasteiger partial charge in [-0.2, -0.15) is 0 Å². The molecule has 2 fully saturated rings. The molecule has 2 aromatic heterocycles. The van der Waals surface area contributed by atoms with Crippen LogP contribution in [0, 0.1) is 5.92 Å². The van der Waals surface area contributed by atoms with Crippen molar-refractivity contribution in [1.29, 1.82) is 0 Å². The fraction of sp³-hybridized carbons (Fsp3) is 0.567. The van der Waals surface area contributed by atoms with E-state index in [4.69, 9.17) is 0 Å². The van der Waals surface area contributed by atoms with E-state index in [0.29, 0.717) is 18.2 Å². The minimum absolute atomic E-state index is 0.0414. The fourth-order valence-electron chi connectivity index (χ4n) is 6.06. The first-order chi connectivity index (χ1) is 18.7. The summed E-state index contributed by atoms with van der Waals surface area (Å²) < 4.78 is 0. The van der Waals surface area contributed by atoms with Crippen molar-refractivity contribution in [3.8, 4) is 0 Å². The molecular formula is C30H43N7O. The summed E-state index contributed by atoms with van der Waals surface area (Å²) in [7, 11) is 0. The lowest BCUT2D eigenvalue weighted by Crippen LogP contribution is -2.42. The van der Waals surface area contributed by atoms with Crippen LogP contribution in [-0.2, 0) is 19.4 Å². The van der Waals surface area contributed by atoms with Crippen molar-refractivity contribution in [2.24, 2.45) is 5.92 Å². The minimum atomic E-state index is -0.0414. The van der Waals surface area contributed by atoms with Crippen LogP contribution >= 0.6 is 0 Å². The number of imidazole rings is 2. The van der Waals surface area contributed by atoms with Crippen LogP contribution in [0.1, 0.15) is 78.9 Å². The van der Waals surface area contributed by atoms with E-state index >= 15 is 0 Å². The van der Waals surface area contributed by atoms with E-state index in [0.717, 1.165) is 37.1 Å². The second-order valence-corrected chi connectivity index (χ2v) is 11.1. The molecule has 0 atom stereocenters. The molecule has 1 aliphatic heterocycles. The molecule has 0 bridgehead atoms. The average Bonchev–Trinajstić information content (AvgIpc) is 3.60. The van der Waals surface area contributed by atoms with Gasteiger partial charge in [0.15, 0.2) is 0 Å². The van der Waals surface area contributed by atoms with Gasteiger partial charge in [0.2, 0.25) is 0 Å². The number of aromatic amines is 2. The summed E-state index contributed by atoms with van der Waals surface area (Å²) in [5.41, 5.74) is 1.92. The lowest BCUT2D eigenvalue weighted by Gasteiger charge is -2.36. The number of hydrogen-bond acceptors (Lipinski definition) is 5. The molecule has 0 radical (unpaired) electrons. The number of likely N-dealkylation sites (tertiary alicyclic amines) is 1. The van der Waals surface area contributed by atoms with Crippen molar-refractivity contribution in [3.05, 3.63) is 71.8 Å². The molecule has 1 saturated heterocycles. The first-order valence-electron chi connectivity index (χ1n) is 14.5. The van der Waals surface area contributed by atoms with Crippen LogP contribution in [0.3, 0.4) is 0 Å². The van der Waals surface area contributed by atoms with Gasteiger partial charge in [0.25, 0.3) is 5.91 Å². The van der Waals surface area contributed by atoms with E-state index < -0.39 is 0 Å². The normalized spacial score (nSPS) is 20.9. The van der Waals surface area contributed by atoms with E-state index in [1.54, 1.807) is 12.4 Å². The molecule has 0 spiro atoms. The summed E-state index contributed by atoms with van der Waals surface area (Å²) in [5.74, 6) is 1.99. The zero-order valence-corrected chi connectivity index (χ0v) is 22.5.